The summed E-state index contributed by atoms with van der Waals surface area (Å²) >= 11 is 1.64. The van der Waals surface area contributed by atoms with Crippen LogP contribution in [0.4, 0.5) is 5.82 Å². The molecule has 5 rings (SSSR count). The van der Waals surface area contributed by atoms with Gasteiger partial charge in [-0.05, 0) is 96.5 Å². The van der Waals surface area contributed by atoms with E-state index in [-0.39, 0.29) is 29.0 Å². The van der Waals surface area contributed by atoms with Gasteiger partial charge < -0.3 is 20.7 Å². The minimum atomic E-state index is -0.367. The number of benzene rings is 1. The number of rotatable bonds is 8. The summed E-state index contributed by atoms with van der Waals surface area (Å²) in [5.41, 5.74) is 11.5. The summed E-state index contributed by atoms with van der Waals surface area (Å²) in [6.45, 7) is 3.71. The molecule has 1 aromatic carbocycles. The van der Waals surface area contributed by atoms with Crippen molar-refractivity contribution in [2.45, 2.75) is 76.0 Å². The molecule has 2 amide bonds. The SMILES string of the molecule is COC1(C)CC(N)(c2ccc(-c3cnc(NC(=O)CC4CCC(N(C)C(C)=O)CC4)cc3-c3ccsc3)cc2)C1. The van der Waals surface area contributed by atoms with E-state index in [1.165, 1.54) is 0 Å². The van der Waals surface area contributed by atoms with Gasteiger partial charge in [-0.3, -0.25) is 9.59 Å². The Bertz CT molecular complexity index is 1340. The Morgan fingerprint density at radius 1 is 1.10 bits per heavy atom. The number of anilines is 1. The lowest BCUT2D eigenvalue weighted by atomic mass is 9.63. The monoisotopic (exact) mass is 560 g/mol. The van der Waals surface area contributed by atoms with E-state index in [0.29, 0.717) is 18.2 Å². The van der Waals surface area contributed by atoms with Gasteiger partial charge >= 0.3 is 0 Å². The smallest absolute Gasteiger partial charge is 0.225 e. The number of thiophene rings is 1. The Balaban J connectivity index is 1.28. The van der Waals surface area contributed by atoms with Crippen LogP contribution in [-0.4, -0.2) is 47.5 Å². The van der Waals surface area contributed by atoms with Crippen molar-refractivity contribution in [3.05, 3.63) is 58.9 Å². The van der Waals surface area contributed by atoms with Crippen molar-refractivity contribution in [3.8, 4) is 22.3 Å². The van der Waals surface area contributed by atoms with Crippen LogP contribution >= 0.6 is 11.3 Å². The summed E-state index contributed by atoms with van der Waals surface area (Å²) in [7, 11) is 3.62. The Morgan fingerprint density at radius 2 is 1.80 bits per heavy atom. The zero-order chi connectivity index (χ0) is 28.5. The molecule has 3 N–H and O–H groups in total. The van der Waals surface area contributed by atoms with Gasteiger partial charge in [-0.25, -0.2) is 4.98 Å². The molecule has 0 spiro atoms. The highest BCUT2D eigenvalue weighted by atomic mass is 32.1. The molecule has 0 unspecified atom stereocenters. The van der Waals surface area contributed by atoms with Crippen LogP contribution in [0.3, 0.4) is 0 Å². The van der Waals surface area contributed by atoms with E-state index < -0.39 is 0 Å². The zero-order valence-electron chi connectivity index (χ0n) is 23.9. The van der Waals surface area contributed by atoms with Crippen molar-refractivity contribution in [3.63, 3.8) is 0 Å². The lowest BCUT2D eigenvalue weighted by Gasteiger charge is -2.52. The summed E-state index contributed by atoms with van der Waals surface area (Å²) in [5, 5.41) is 7.21. The van der Waals surface area contributed by atoms with Crippen LogP contribution in [0.25, 0.3) is 22.3 Å². The van der Waals surface area contributed by atoms with E-state index in [1.807, 2.05) is 24.2 Å². The number of carbonyl (C=O) groups is 2. The number of nitrogens with two attached hydrogens (primary N) is 1. The van der Waals surface area contributed by atoms with Crippen molar-refractivity contribution in [2.75, 3.05) is 19.5 Å². The molecule has 8 heteroatoms. The average Bonchev–Trinajstić information content (AvgIpc) is 3.47. The van der Waals surface area contributed by atoms with Crippen LogP contribution in [0, 0.1) is 5.92 Å². The van der Waals surface area contributed by atoms with E-state index in [2.05, 4.69) is 58.3 Å². The third kappa shape index (κ3) is 5.99. The number of nitrogens with one attached hydrogen (secondary N) is 1. The van der Waals surface area contributed by atoms with E-state index in [4.69, 9.17) is 10.5 Å². The van der Waals surface area contributed by atoms with Gasteiger partial charge in [-0.1, -0.05) is 24.3 Å². The summed E-state index contributed by atoms with van der Waals surface area (Å²) < 4.78 is 5.61. The van der Waals surface area contributed by atoms with Gasteiger partial charge in [0.05, 0.1) is 5.60 Å². The van der Waals surface area contributed by atoms with Gasteiger partial charge in [0.1, 0.15) is 5.82 Å². The molecule has 2 aliphatic carbocycles. The molecule has 2 aliphatic rings. The van der Waals surface area contributed by atoms with E-state index in [1.54, 1.807) is 25.4 Å². The van der Waals surface area contributed by atoms with Gasteiger partial charge in [0.25, 0.3) is 0 Å². The van der Waals surface area contributed by atoms with Crippen LogP contribution in [0.5, 0.6) is 0 Å². The fourth-order valence-electron chi connectivity index (χ4n) is 6.47. The highest BCUT2D eigenvalue weighted by Gasteiger charge is 2.50. The maximum absolute atomic E-state index is 13.0. The summed E-state index contributed by atoms with van der Waals surface area (Å²) in [6.07, 6.45) is 7.70. The summed E-state index contributed by atoms with van der Waals surface area (Å²) in [5.74, 6) is 0.977. The molecule has 3 aromatic rings. The molecule has 0 aliphatic heterocycles. The maximum atomic E-state index is 13.0. The van der Waals surface area contributed by atoms with Crippen molar-refractivity contribution >= 4 is 29.0 Å². The fraction of sp³-hybridized carbons (Fsp3) is 0.469. The molecule has 2 fully saturated rings. The first-order chi connectivity index (χ1) is 19.1. The molecular weight excluding hydrogens is 520 g/mol. The molecule has 40 heavy (non-hydrogen) atoms. The number of pyridine rings is 1. The maximum Gasteiger partial charge on any atom is 0.225 e. The number of carbonyl (C=O) groups excluding carboxylic acids is 2. The number of hydrogen-bond acceptors (Lipinski definition) is 6. The van der Waals surface area contributed by atoms with E-state index in [0.717, 1.165) is 66.3 Å². The first kappa shape index (κ1) is 28.5. The van der Waals surface area contributed by atoms with E-state index in [9.17, 15) is 9.59 Å². The standard InChI is InChI=1S/C32H40N4O3S/c1-21(37)36(3)26-11-5-22(6-12-26)15-30(38)35-29-16-27(24-13-14-40-18-24)28(17-34-29)23-7-9-25(10-8-23)32(33)19-31(2,20-32)39-4/h7-10,13-14,16-18,22,26H,5-6,11-12,15,19-20,33H2,1-4H3,(H,34,35,38). The van der Waals surface area contributed by atoms with Crippen molar-refractivity contribution in [1.82, 2.24) is 9.88 Å². The fourth-order valence-corrected chi connectivity index (χ4v) is 7.13. The van der Waals surface area contributed by atoms with Gasteiger partial charge in [0, 0.05) is 50.8 Å². The van der Waals surface area contributed by atoms with Gasteiger partial charge in [0.15, 0.2) is 0 Å². The molecular formula is C32H40N4O3S. The van der Waals surface area contributed by atoms with Crippen LogP contribution < -0.4 is 11.1 Å². The van der Waals surface area contributed by atoms with Crippen LogP contribution in [0.1, 0.15) is 64.4 Å². The highest BCUT2D eigenvalue weighted by Crippen LogP contribution is 2.48. The molecule has 0 radical (unpaired) electrons. The quantitative estimate of drug-likeness (QED) is 0.342. The van der Waals surface area contributed by atoms with Gasteiger partial charge in [0.2, 0.25) is 11.8 Å². The normalized spacial score (nSPS) is 26.1. The molecule has 2 aromatic heterocycles. The molecule has 212 valence electrons. The largest absolute Gasteiger partial charge is 0.378 e. The highest BCUT2D eigenvalue weighted by molar-refractivity contribution is 7.08. The Labute approximate surface area is 241 Å². The number of ether oxygens (including phenoxy) is 1. The predicted octanol–water partition coefficient (Wildman–Crippen LogP) is 6.20. The van der Waals surface area contributed by atoms with Crippen molar-refractivity contribution < 1.29 is 14.3 Å². The molecule has 0 saturated heterocycles. The second-order valence-corrected chi connectivity index (χ2v) is 12.7. The van der Waals surface area contributed by atoms with Crippen LogP contribution in [0.15, 0.2) is 53.4 Å². The number of hydrogen-bond donors (Lipinski definition) is 2. The average molecular weight is 561 g/mol. The predicted molar refractivity (Wildman–Crippen MR) is 161 cm³/mol. The number of aromatic nitrogens is 1. The Morgan fingerprint density at radius 3 is 2.40 bits per heavy atom. The second-order valence-electron chi connectivity index (χ2n) is 11.9. The van der Waals surface area contributed by atoms with Gasteiger partial charge in [-0.15, -0.1) is 0 Å². The van der Waals surface area contributed by atoms with Gasteiger partial charge in [-0.2, -0.15) is 11.3 Å². The third-order valence-electron chi connectivity index (χ3n) is 8.98. The summed E-state index contributed by atoms with van der Waals surface area (Å²) in [6, 6.07) is 12.8. The first-order valence-corrected chi connectivity index (χ1v) is 15.0. The number of methoxy groups -OCH3 is 1. The van der Waals surface area contributed by atoms with E-state index >= 15 is 0 Å². The summed E-state index contributed by atoms with van der Waals surface area (Å²) in [4.78, 5) is 31.1. The van der Waals surface area contributed by atoms with Crippen LogP contribution in [-0.2, 0) is 19.9 Å². The molecule has 2 heterocycles. The lowest BCUT2D eigenvalue weighted by molar-refractivity contribution is -0.130. The molecule has 0 bridgehead atoms. The number of amides is 2. The second kappa shape index (κ2) is 11.4. The first-order valence-electron chi connectivity index (χ1n) is 14.1. The minimum Gasteiger partial charge on any atom is -0.378 e. The molecule has 2 saturated carbocycles. The van der Waals surface area contributed by atoms with Crippen molar-refractivity contribution in [1.29, 1.82) is 0 Å². The zero-order valence-corrected chi connectivity index (χ0v) is 24.7. The lowest BCUT2D eigenvalue weighted by Crippen LogP contribution is -2.59. The third-order valence-corrected chi connectivity index (χ3v) is 9.66. The van der Waals surface area contributed by atoms with Crippen LogP contribution in [0.2, 0.25) is 0 Å². The topological polar surface area (TPSA) is 97.6 Å². The molecule has 7 nitrogen and oxygen atoms in total. The minimum absolute atomic E-state index is 0.0129. The Kier molecular flexibility index (Phi) is 8.13. The van der Waals surface area contributed by atoms with Crippen molar-refractivity contribution in [2.24, 2.45) is 11.7 Å². The number of nitrogens with zero attached hydrogens (tertiary/aromatic N) is 2. The Hall–Kier alpha value is -3.07. The molecule has 0 atom stereocenters.